The van der Waals surface area contributed by atoms with Crippen molar-refractivity contribution in [2.45, 2.75) is 30.7 Å². The van der Waals surface area contributed by atoms with Gasteiger partial charge in [-0.25, -0.2) is 8.42 Å². The van der Waals surface area contributed by atoms with E-state index >= 15 is 0 Å². The van der Waals surface area contributed by atoms with Gasteiger partial charge in [0.25, 0.3) is 0 Å². The van der Waals surface area contributed by atoms with Gasteiger partial charge in [-0.05, 0) is 37.6 Å². The molecule has 2 saturated heterocycles. The second-order valence-electron chi connectivity index (χ2n) is 7.32. The minimum Gasteiger partial charge on any atom is -0.490 e. The van der Waals surface area contributed by atoms with Gasteiger partial charge in [-0.3, -0.25) is 19.8 Å². The van der Waals surface area contributed by atoms with E-state index in [2.05, 4.69) is 10.2 Å². The molecule has 0 saturated carbocycles. The number of hydrogen-bond acceptors (Lipinski definition) is 8. The van der Waals surface area contributed by atoms with Crippen molar-refractivity contribution in [3.05, 3.63) is 33.9 Å². The first-order valence-corrected chi connectivity index (χ1v) is 12.4. The van der Waals surface area contributed by atoms with Crippen LogP contribution in [-0.2, 0) is 20.4 Å². The van der Waals surface area contributed by atoms with Crippen molar-refractivity contribution in [2.75, 3.05) is 37.5 Å². The first-order chi connectivity index (χ1) is 13.8. The Morgan fingerprint density at radius 2 is 2.07 bits per heavy atom. The van der Waals surface area contributed by atoms with Crippen LogP contribution in [0.15, 0.2) is 18.2 Å². The van der Waals surface area contributed by atoms with Gasteiger partial charge in [0.1, 0.15) is 0 Å². The fourth-order valence-electron chi connectivity index (χ4n) is 3.88. The zero-order chi connectivity index (χ0) is 21.0. The highest BCUT2D eigenvalue weighted by atomic mass is 32.2. The van der Waals surface area contributed by atoms with Gasteiger partial charge in [0, 0.05) is 17.9 Å². The molecular formula is C18H25N3O6S2. The zero-order valence-electron chi connectivity index (χ0n) is 16.2. The maximum atomic E-state index is 12.4. The van der Waals surface area contributed by atoms with E-state index in [0.29, 0.717) is 11.3 Å². The highest BCUT2D eigenvalue weighted by Crippen LogP contribution is 2.29. The molecule has 29 heavy (non-hydrogen) atoms. The molecule has 160 valence electrons. The van der Waals surface area contributed by atoms with Gasteiger partial charge in [0.2, 0.25) is 5.91 Å². The van der Waals surface area contributed by atoms with Crippen molar-refractivity contribution in [1.82, 2.24) is 10.2 Å². The fraction of sp³-hybridized carbons (Fsp3) is 0.611. The van der Waals surface area contributed by atoms with E-state index in [4.69, 9.17) is 4.74 Å². The van der Waals surface area contributed by atoms with Crippen LogP contribution in [0.4, 0.5) is 5.69 Å². The monoisotopic (exact) mass is 443 g/mol. The van der Waals surface area contributed by atoms with Crippen molar-refractivity contribution >= 4 is 33.2 Å². The molecule has 1 amide bonds. The molecule has 2 aliphatic rings. The molecule has 0 spiro atoms. The Kier molecular flexibility index (Phi) is 7.01. The number of methoxy groups -OCH3 is 1. The summed E-state index contributed by atoms with van der Waals surface area (Å²) in [6.07, 6.45) is 2.11. The Labute approximate surface area is 174 Å². The Bertz CT molecular complexity index is 870. The molecule has 9 nitrogen and oxygen atoms in total. The summed E-state index contributed by atoms with van der Waals surface area (Å²) in [5.41, 5.74) is 0.605. The van der Waals surface area contributed by atoms with Crippen LogP contribution in [0.5, 0.6) is 5.75 Å². The van der Waals surface area contributed by atoms with Gasteiger partial charge < -0.3 is 10.1 Å². The van der Waals surface area contributed by atoms with E-state index in [1.165, 1.54) is 31.0 Å². The lowest BCUT2D eigenvalue weighted by Crippen LogP contribution is -2.50. The van der Waals surface area contributed by atoms with E-state index in [1.807, 2.05) is 0 Å². The van der Waals surface area contributed by atoms with Gasteiger partial charge >= 0.3 is 5.69 Å². The number of hydrogen-bond donors (Lipinski definition) is 1. The number of thioether (sulfide) groups is 1. The van der Waals surface area contributed by atoms with Crippen LogP contribution in [0.2, 0.25) is 0 Å². The number of sulfone groups is 1. The number of nitrogens with one attached hydrogen (secondary N) is 1. The van der Waals surface area contributed by atoms with Crippen molar-refractivity contribution in [3.8, 4) is 5.75 Å². The fourth-order valence-corrected chi connectivity index (χ4v) is 6.62. The maximum absolute atomic E-state index is 12.4. The zero-order valence-corrected chi connectivity index (χ0v) is 17.8. The second-order valence-corrected chi connectivity index (χ2v) is 10.5. The van der Waals surface area contributed by atoms with E-state index in [1.54, 1.807) is 6.07 Å². The second kappa shape index (κ2) is 9.31. The molecule has 1 N–H and O–H groups in total. The van der Waals surface area contributed by atoms with Crippen molar-refractivity contribution in [1.29, 1.82) is 0 Å². The standard InChI is InChI=1S/C18H25N3O6S2/c1-27-17-5-4-13(8-15(17)21(23)24)9-28-10-18(22)19-14-11-29(25,26)12-16(14)20-6-2-3-7-20/h4-5,8,14,16H,2-3,6-7,9-12H2,1H3,(H,19,22). The molecule has 11 heteroatoms. The normalized spacial score (nSPS) is 23.8. The van der Waals surface area contributed by atoms with Crippen LogP contribution in [0.3, 0.4) is 0 Å². The molecule has 2 fully saturated rings. The highest BCUT2D eigenvalue weighted by Gasteiger charge is 2.42. The third-order valence-corrected chi connectivity index (χ3v) is 7.94. The number of rotatable bonds is 8. The van der Waals surface area contributed by atoms with Crippen molar-refractivity contribution < 1.29 is 22.9 Å². The quantitative estimate of drug-likeness (QED) is 0.470. The largest absolute Gasteiger partial charge is 0.490 e. The number of carbonyl (C=O) groups is 1. The summed E-state index contributed by atoms with van der Waals surface area (Å²) in [5.74, 6) is 0.636. The minimum absolute atomic E-state index is 0.0186. The van der Waals surface area contributed by atoms with Gasteiger partial charge in [-0.15, -0.1) is 11.8 Å². The molecule has 0 aromatic heterocycles. The van der Waals surface area contributed by atoms with E-state index < -0.39 is 14.8 Å². The van der Waals surface area contributed by atoms with Gasteiger partial charge in [0.15, 0.2) is 15.6 Å². The molecule has 0 radical (unpaired) electrons. The molecular weight excluding hydrogens is 418 g/mol. The van der Waals surface area contributed by atoms with E-state index in [9.17, 15) is 23.3 Å². The molecule has 1 aromatic carbocycles. The number of likely N-dealkylation sites (tertiary alicyclic amines) is 1. The Morgan fingerprint density at radius 3 is 2.72 bits per heavy atom. The summed E-state index contributed by atoms with van der Waals surface area (Å²) in [6.45, 7) is 1.75. The first kappa shape index (κ1) is 21.8. The summed E-state index contributed by atoms with van der Waals surface area (Å²) in [5, 5.41) is 14.0. The molecule has 2 unspecified atom stereocenters. The third kappa shape index (κ3) is 5.61. The lowest BCUT2D eigenvalue weighted by atomic mass is 10.1. The summed E-state index contributed by atoms with van der Waals surface area (Å²) in [4.78, 5) is 25.1. The number of nitrogens with zero attached hydrogens (tertiary/aromatic N) is 2. The average Bonchev–Trinajstić information content (AvgIpc) is 3.29. The van der Waals surface area contributed by atoms with Crippen molar-refractivity contribution in [3.63, 3.8) is 0 Å². The lowest BCUT2D eigenvalue weighted by molar-refractivity contribution is -0.385. The Morgan fingerprint density at radius 1 is 1.34 bits per heavy atom. The highest BCUT2D eigenvalue weighted by molar-refractivity contribution is 7.99. The van der Waals surface area contributed by atoms with Crippen LogP contribution in [0.25, 0.3) is 0 Å². The SMILES string of the molecule is COc1ccc(CSCC(=O)NC2CS(=O)(=O)CC2N2CCCC2)cc1[N+](=O)[O-]. The van der Waals surface area contributed by atoms with E-state index in [-0.39, 0.29) is 46.7 Å². The summed E-state index contributed by atoms with van der Waals surface area (Å²) in [7, 11) is -1.77. The predicted molar refractivity (Wildman–Crippen MR) is 111 cm³/mol. The van der Waals surface area contributed by atoms with E-state index in [0.717, 1.165) is 25.9 Å². The van der Waals surface area contributed by atoms with Gasteiger partial charge in [-0.2, -0.15) is 0 Å². The number of nitro groups is 1. The molecule has 2 heterocycles. The Hall–Kier alpha value is -1.85. The van der Waals surface area contributed by atoms with Gasteiger partial charge in [0.05, 0.1) is 35.3 Å². The van der Waals surface area contributed by atoms with Crippen LogP contribution in [0, 0.1) is 10.1 Å². The molecule has 2 aliphatic heterocycles. The number of amides is 1. The summed E-state index contributed by atoms with van der Waals surface area (Å²) in [6, 6.07) is 4.17. The topological polar surface area (TPSA) is 119 Å². The lowest BCUT2D eigenvalue weighted by Gasteiger charge is -2.28. The van der Waals surface area contributed by atoms with Gasteiger partial charge in [-0.1, -0.05) is 6.07 Å². The van der Waals surface area contributed by atoms with Crippen molar-refractivity contribution in [2.24, 2.45) is 0 Å². The van der Waals surface area contributed by atoms with Crippen LogP contribution in [-0.4, -0.2) is 73.7 Å². The van der Waals surface area contributed by atoms with Crippen LogP contribution >= 0.6 is 11.8 Å². The molecule has 0 bridgehead atoms. The molecule has 0 aliphatic carbocycles. The Balaban J connectivity index is 1.53. The maximum Gasteiger partial charge on any atom is 0.311 e. The first-order valence-electron chi connectivity index (χ1n) is 9.42. The summed E-state index contributed by atoms with van der Waals surface area (Å²) < 4.78 is 29.1. The smallest absolute Gasteiger partial charge is 0.311 e. The predicted octanol–water partition coefficient (Wildman–Crippen LogP) is 1.21. The molecule has 3 rings (SSSR count). The molecule has 2 atom stereocenters. The molecule has 1 aromatic rings. The average molecular weight is 444 g/mol. The van der Waals surface area contributed by atoms with Crippen LogP contribution in [0.1, 0.15) is 18.4 Å². The number of ether oxygens (including phenoxy) is 1. The minimum atomic E-state index is -3.15. The number of nitro benzene ring substituents is 1. The van der Waals surface area contributed by atoms with Crippen LogP contribution < -0.4 is 10.1 Å². The number of benzene rings is 1. The summed E-state index contributed by atoms with van der Waals surface area (Å²) >= 11 is 1.33. The third-order valence-electron chi connectivity index (χ3n) is 5.22. The number of carbonyl (C=O) groups excluding carboxylic acids is 1.